The lowest BCUT2D eigenvalue weighted by Gasteiger charge is -2.20. The summed E-state index contributed by atoms with van der Waals surface area (Å²) in [5, 5.41) is 3.03. The zero-order chi connectivity index (χ0) is 8.48. The number of rotatable bonds is 2. The van der Waals surface area contributed by atoms with Gasteiger partial charge in [-0.3, -0.25) is 9.79 Å². The van der Waals surface area contributed by atoms with E-state index < -0.39 is 5.41 Å². The van der Waals surface area contributed by atoms with Gasteiger partial charge in [-0.05, 0) is 13.8 Å². The maximum absolute atomic E-state index is 10.9. The molecule has 0 bridgehead atoms. The number of nitrogens with two attached hydrogens (primary N) is 1. The average molecular weight is 155 g/mol. The third-order valence-corrected chi connectivity index (χ3v) is 1.88. The van der Waals surface area contributed by atoms with Crippen molar-refractivity contribution in [3.05, 3.63) is 0 Å². The molecule has 1 amide bonds. The quantitative estimate of drug-likeness (QED) is 0.564. The number of hydrogen-bond acceptors (Lipinski definition) is 3. The number of carbonyl (C=O) groups excluding carboxylic acids is 1. The predicted octanol–water partition coefficient (Wildman–Crippen LogP) is -0.500. The Bertz CT molecular complexity index is 208. The van der Waals surface area contributed by atoms with Crippen LogP contribution in [0.4, 0.5) is 0 Å². The number of amidine groups is 1. The van der Waals surface area contributed by atoms with E-state index in [1.807, 2.05) is 0 Å². The third kappa shape index (κ3) is 1.34. The molecule has 0 aromatic carbocycles. The van der Waals surface area contributed by atoms with E-state index in [1.165, 1.54) is 0 Å². The Kier molecular flexibility index (Phi) is 1.85. The summed E-state index contributed by atoms with van der Waals surface area (Å²) in [7, 11) is 0. The van der Waals surface area contributed by atoms with Gasteiger partial charge in [-0.1, -0.05) is 0 Å². The monoisotopic (exact) mass is 155 g/mol. The second-order valence-electron chi connectivity index (χ2n) is 3.15. The van der Waals surface area contributed by atoms with Gasteiger partial charge in [0.25, 0.3) is 0 Å². The highest BCUT2D eigenvalue weighted by Crippen LogP contribution is 2.16. The standard InChI is InChI=1S/C7H13N3O/c1-7(2,5(8)11)6-9-3-4-10-6/h3-4H2,1-2H3,(H2,8,11)(H,9,10). The number of nitrogens with zero attached hydrogens (tertiary/aromatic N) is 1. The molecule has 0 aliphatic carbocycles. The van der Waals surface area contributed by atoms with Crippen LogP contribution in [0.5, 0.6) is 0 Å². The van der Waals surface area contributed by atoms with Crippen molar-refractivity contribution in [2.75, 3.05) is 13.1 Å². The topological polar surface area (TPSA) is 67.5 Å². The Morgan fingerprint density at radius 2 is 2.36 bits per heavy atom. The van der Waals surface area contributed by atoms with Crippen LogP contribution >= 0.6 is 0 Å². The van der Waals surface area contributed by atoms with Crippen molar-refractivity contribution in [3.63, 3.8) is 0 Å². The van der Waals surface area contributed by atoms with Crippen molar-refractivity contribution in [1.29, 1.82) is 0 Å². The van der Waals surface area contributed by atoms with Crippen LogP contribution in [0.2, 0.25) is 0 Å². The van der Waals surface area contributed by atoms with E-state index in [0.717, 1.165) is 13.1 Å². The molecule has 4 nitrogen and oxygen atoms in total. The molecule has 3 N–H and O–H groups in total. The first-order valence-corrected chi connectivity index (χ1v) is 3.64. The molecular formula is C7H13N3O. The van der Waals surface area contributed by atoms with Gasteiger partial charge in [-0.25, -0.2) is 0 Å². The van der Waals surface area contributed by atoms with Gasteiger partial charge in [0.15, 0.2) is 0 Å². The zero-order valence-corrected chi connectivity index (χ0v) is 6.85. The Morgan fingerprint density at radius 1 is 1.73 bits per heavy atom. The van der Waals surface area contributed by atoms with Crippen molar-refractivity contribution in [2.45, 2.75) is 13.8 Å². The largest absolute Gasteiger partial charge is 0.371 e. The summed E-state index contributed by atoms with van der Waals surface area (Å²) >= 11 is 0. The SMILES string of the molecule is CC(C)(C(N)=O)C1=NCCN1. The van der Waals surface area contributed by atoms with Gasteiger partial charge in [-0.15, -0.1) is 0 Å². The number of hydrogen-bond donors (Lipinski definition) is 2. The lowest BCUT2D eigenvalue weighted by atomic mass is 9.91. The Labute approximate surface area is 65.9 Å². The molecule has 0 fully saturated rings. The van der Waals surface area contributed by atoms with E-state index in [0.29, 0.717) is 5.84 Å². The molecular weight excluding hydrogens is 142 g/mol. The van der Waals surface area contributed by atoms with Crippen LogP contribution in [-0.4, -0.2) is 24.8 Å². The number of aliphatic imine (C=N–C) groups is 1. The minimum Gasteiger partial charge on any atom is -0.371 e. The van der Waals surface area contributed by atoms with Crippen molar-refractivity contribution < 1.29 is 4.79 Å². The number of primary amides is 1. The molecule has 1 rings (SSSR count). The van der Waals surface area contributed by atoms with Crippen LogP contribution in [0.25, 0.3) is 0 Å². The molecule has 4 heteroatoms. The average Bonchev–Trinajstić information content (AvgIpc) is 2.37. The molecule has 62 valence electrons. The smallest absolute Gasteiger partial charge is 0.230 e. The second kappa shape index (κ2) is 2.53. The molecule has 0 saturated carbocycles. The maximum atomic E-state index is 10.9. The Morgan fingerprint density at radius 3 is 2.73 bits per heavy atom. The second-order valence-corrected chi connectivity index (χ2v) is 3.15. The van der Waals surface area contributed by atoms with Gasteiger partial charge >= 0.3 is 0 Å². The molecule has 11 heavy (non-hydrogen) atoms. The first-order chi connectivity index (χ1) is 5.05. The highest BCUT2D eigenvalue weighted by Gasteiger charge is 2.32. The first kappa shape index (κ1) is 8.04. The third-order valence-electron chi connectivity index (χ3n) is 1.88. The minimum atomic E-state index is -0.642. The van der Waals surface area contributed by atoms with E-state index in [2.05, 4.69) is 10.3 Å². The van der Waals surface area contributed by atoms with Gasteiger partial charge in [0.05, 0.1) is 6.54 Å². The van der Waals surface area contributed by atoms with Crippen molar-refractivity contribution in [3.8, 4) is 0 Å². The zero-order valence-electron chi connectivity index (χ0n) is 6.85. The van der Waals surface area contributed by atoms with Gasteiger partial charge in [-0.2, -0.15) is 0 Å². The van der Waals surface area contributed by atoms with Gasteiger partial charge in [0.1, 0.15) is 11.3 Å². The number of nitrogens with one attached hydrogen (secondary N) is 1. The molecule has 0 aromatic rings. The van der Waals surface area contributed by atoms with E-state index >= 15 is 0 Å². The summed E-state index contributed by atoms with van der Waals surface area (Å²) in [5.74, 6) is 0.371. The van der Waals surface area contributed by atoms with Crippen molar-refractivity contribution in [1.82, 2.24) is 5.32 Å². The van der Waals surface area contributed by atoms with Gasteiger partial charge in [0.2, 0.25) is 5.91 Å². The number of amides is 1. The van der Waals surface area contributed by atoms with Crippen LogP contribution in [0.15, 0.2) is 4.99 Å². The molecule has 0 unspecified atom stereocenters. The Balaban J connectivity index is 2.79. The Hall–Kier alpha value is -1.06. The van der Waals surface area contributed by atoms with Crippen LogP contribution in [0.1, 0.15) is 13.8 Å². The van der Waals surface area contributed by atoms with E-state index in [4.69, 9.17) is 5.73 Å². The highest BCUT2D eigenvalue weighted by molar-refractivity contribution is 6.06. The molecule has 0 aromatic heterocycles. The maximum Gasteiger partial charge on any atom is 0.230 e. The molecule has 0 spiro atoms. The summed E-state index contributed by atoms with van der Waals surface area (Å²) in [5.41, 5.74) is 4.55. The fourth-order valence-electron chi connectivity index (χ4n) is 0.933. The summed E-state index contributed by atoms with van der Waals surface area (Å²) < 4.78 is 0. The first-order valence-electron chi connectivity index (χ1n) is 3.64. The fraction of sp³-hybridized carbons (Fsp3) is 0.714. The van der Waals surface area contributed by atoms with E-state index in [1.54, 1.807) is 13.8 Å². The predicted molar refractivity (Wildman–Crippen MR) is 43.3 cm³/mol. The highest BCUT2D eigenvalue weighted by atomic mass is 16.1. The molecule has 0 radical (unpaired) electrons. The lowest BCUT2D eigenvalue weighted by Crippen LogP contribution is -2.43. The number of carbonyl (C=O) groups is 1. The summed E-state index contributed by atoms with van der Waals surface area (Å²) in [4.78, 5) is 15.0. The van der Waals surface area contributed by atoms with E-state index in [-0.39, 0.29) is 5.91 Å². The summed E-state index contributed by atoms with van der Waals surface area (Å²) in [6.45, 7) is 5.09. The fourth-order valence-corrected chi connectivity index (χ4v) is 0.933. The molecule has 1 heterocycles. The van der Waals surface area contributed by atoms with Crippen LogP contribution in [-0.2, 0) is 4.79 Å². The van der Waals surface area contributed by atoms with Crippen LogP contribution < -0.4 is 11.1 Å². The normalized spacial score (nSPS) is 17.5. The van der Waals surface area contributed by atoms with Crippen molar-refractivity contribution in [2.24, 2.45) is 16.1 Å². The molecule has 1 aliphatic heterocycles. The molecule has 0 saturated heterocycles. The molecule has 0 atom stereocenters. The van der Waals surface area contributed by atoms with Crippen molar-refractivity contribution >= 4 is 11.7 Å². The van der Waals surface area contributed by atoms with Gasteiger partial charge in [0, 0.05) is 6.54 Å². The van der Waals surface area contributed by atoms with Crippen LogP contribution in [0.3, 0.4) is 0 Å². The van der Waals surface area contributed by atoms with E-state index in [9.17, 15) is 4.79 Å². The molecule has 1 aliphatic rings. The minimum absolute atomic E-state index is 0.342. The van der Waals surface area contributed by atoms with Gasteiger partial charge < -0.3 is 11.1 Å². The summed E-state index contributed by atoms with van der Waals surface area (Å²) in [6, 6.07) is 0. The lowest BCUT2D eigenvalue weighted by molar-refractivity contribution is -0.123. The summed E-state index contributed by atoms with van der Waals surface area (Å²) in [6.07, 6.45) is 0. The van der Waals surface area contributed by atoms with Crippen LogP contribution in [0, 0.1) is 5.41 Å².